The van der Waals surface area contributed by atoms with E-state index in [0.29, 0.717) is 53.3 Å². The van der Waals surface area contributed by atoms with Gasteiger partial charge in [0.25, 0.3) is 0 Å². The highest BCUT2D eigenvalue weighted by atomic mass is 35.5. The Hall–Kier alpha value is -2.41. The molecule has 0 radical (unpaired) electrons. The number of benzene rings is 1. The van der Waals surface area contributed by atoms with E-state index in [1.807, 2.05) is 17.0 Å². The Morgan fingerprint density at radius 3 is 2.45 bits per heavy atom. The Morgan fingerprint density at radius 2 is 1.82 bits per heavy atom. The van der Waals surface area contributed by atoms with Gasteiger partial charge in [-0.15, -0.1) is 0 Å². The molecule has 0 saturated carbocycles. The highest BCUT2D eigenvalue weighted by molar-refractivity contribution is 6.42. The number of fused-ring (bicyclic) bond motifs is 1. The standard InChI is InChI=1S/C20H23Cl2N7O4/c21-12-2-1-11(7-13(12)22)27-3-5-28(6-4-27)19-25-17(23)15-18(26-19)29(10-24-15)20(9-30)16(32)14(31)8-33-20/h1-2,7,10,14,16,30-32H,3-6,8-9H2,(H2,23,25,26). The van der Waals surface area contributed by atoms with Crippen molar-refractivity contribution in [3.8, 4) is 0 Å². The summed E-state index contributed by atoms with van der Waals surface area (Å²) in [5, 5.41) is 31.6. The second kappa shape index (κ2) is 8.42. The molecule has 4 heterocycles. The summed E-state index contributed by atoms with van der Waals surface area (Å²) in [6, 6.07) is 5.55. The highest BCUT2D eigenvalue weighted by Gasteiger charge is 2.51. The number of nitrogens with two attached hydrogens (primary N) is 1. The second-order valence-electron chi connectivity index (χ2n) is 8.09. The summed E-state index contributed by atoms with van der Waals surface area (Å²) in [7, 11) is 0. The third kappa shape index (κ3) is 3.65. The fourth-order valence-corrected chi connectivity index (χ4v) is 4.60. The van der Waals surface area contributed by atoms with Crippen LogP contribution in [0.1, 0.15) is 0 Å². The number of halogens is 2. The summed E-state index contributed by atoms with van der Waals surface area (Å²) in [4.78, 5) is 17.5. The van der Waals surface area contributed by atoms with Gasteiger partial charge in [0.05, 0.1) is 29.6 Å². The van der Waals surface area contributed by atoms with Crippen LogP contribution in [0, 0.1) is 0 Å². The van der Waals surface area contributed by atoms with Gasteiger partial charge in [-0.3, -0.25) is 4.57 Å². The summed E-state index contributed by atoms with van der Waals surface area (Å²) in [6.45, 7) is 1.94. The molecule has 0 spiro atoms. The van der Waals surface area contributed by atoms with Crippen LogP contribution in [0.3, 0.4) is 0 Å². The van der Waals surface area contributed by atoms with Crippen molar-refractivity contribution in [3.05, 3.63) is 34.6 Å². The molecule has 2 fully saturated rings. The molecule has 5 rings (SSSR count). The largest absolute Gasteiger partial charge is 0.391 e. The Balaban J connectivity index is 1.43. The molecule has 2 aromatic heterocycles. The minimum absolute atomic E-state index is 0.133. The zero-order valence-corrected chi connectivity index (χ0v) is 19.0. The van der Waals surface area contributed by atoms with Crippen LogP contribution in [0.2, 0.25) is 10.0 Å². The molecule has 2 saturated heterocycles. The van der Waals surface area contributed by atoms with Gasteiger partial charge < -0.3 is 35.6 Å². The first kappa shape index (κ1) is 22.4. The number of aliphatic hydroxyl groups is 3. The van der Waals surface area contributed by atoms with Crippen LogP contribution in [-0.2, 0) is 10.5 Å². The summed E-state index contributed by atoms with van der Waals surface area (Å²) < 4.78 is 7.02. The van der Waals surface area contributed by atoms with E-state index >= 15 is 0 Å². The van der Waals surface area contributed by atoms with Crippen LogP contribution in [0.25, 0.3) is 11.2 Å². The molecule has 13 heteroatoms. The summed E-state index contributed by atoms with van der Waals surface area (Å²) >= 11 is 12.2. The zero-order chi connectivity index (χ0) is 23.3. The van der Waals surface area contributed by atoms with Gasteiger partial charge in [-0.05, 0) is 18.2 Å². The van der Waals surface area contributed by atoms with Crippen molar-refractivity contribution in [2.24, 2.45) is 0 Å². The molecule has 176 valence electrons. The molecular weight excluding hydrogens is 473 g/mol. The van der Waals surface area contributed by atoms with Crippen LogP contribution in [0.15, 0.2) is 24.5 Å². The van der Waals surface area contributed by atoms with Crippen molar-refractivity contribution in [1.29, 1.82) is 0 Å². The number of anilines is 3. The van der Waals surface area contributed by atoms with E-state index in [-0.39, 0.29) is 12.4 Å². The van der Waals surface area contributed by atoms with E-state index in [0.717, 1.165) is 5.69 Å². The Kier molecular flexibility index (Phi) is 5.71. The predicted molar refractivity (Wildman–Crippen MR) is 124 cm³/mol. The van der Waals surface area contributed by atoms with Gasteiger partial charge in [-0.1, -0.05) is 23.2 Å². The molecule has 0 amide bonds. The average molecular weight is 496 g/mol. The van der Waals surface area contributed by atoms with Gasteiger partial charge in [0, 0.05) is 31.9 Å². The Labute approximate surface area is 198 Å². The van der Waals surface area contributed by atoms with Crippen LogP contribution in [0.5, 0.6) is 0 Å². The average Bonchev–Trinajstić information content (AvgIpc) is 3.38. The van der Waals surface area contributed by atoms with E-state index in [4.69, 9.17) is 33.7 Å². The molecule has 0 aliphatic carbocycles. The van der Waals surface area contributed by atoms with E-state index in [9.17, 15) is 15.3 Å². The number of nitrogens with zero attached hydrogens (tertiary/aromatic N) is 6. The fraction of sp³-hybridized carbons (Fsp3) is 0.450. The number of imidazole rings is 1. The SMILES string of the molecule is Nc1nc(N2CCN(c3ccc(Cl)c(Cl)c3)CC2)nc2c1ncn2C1(CO)OCC(O)C1O. The Bertz CT molecular complexity index is 1190. The van der Waals surface area contributed by atoms with Gasteiger partial charge in [-0.2, -0.15) is 9.97 Å². The lowest BCUT2D eigenvalue weighted by atomic mass is 10.1. The number of hydrogen-bond donors (Lipinski definition) is 4. The molecule has 2 aliphatic heterocycles. The van der Waals surface area contributed by atoms with E-state index in [1.54, 1.807) is 6.07 Å². The molecular formula is C20H23Cl2N7O4. The molecule has 3 unspecified atom stereocenters. The number of ether oxygens (including phenoxy) is 1. The van der Waals surface area contributed by atoms with Crippen LogP contribution >= 0.6 is 23.2 Å². The monoisotopic (exact) mass is 495 g/mol. The molecule has 1 aromatic carbocycles. The van der Waals surface area contributed by atoms with Gasteiger partial charge >= 0.3 is 0 Å². The Morgan fingerprint density at radius 1 is 1.09 bits per heavy atom. The molecule has 3 atom stereocenters. The number of hydrogen-bond acceptors (Lipinski definition) is 10. The third-order valence-corrected chi connectivity index (χ3v) is 6.95. The maximum Gasteiger partial charge on any atom is 0.229 e. The smallest absolute Gasteiger partial charge is 0.229 e. The molecule has 2 aliphatic rings. The normalized spacial score (nSPS) is 25.8. The molecule has 0 bridgehead atoms. The van der Waals surface area contributed by atoms with Crippen molar-refractivity contribution >= 4 is 51.8 Å². The van der Waals surface area contributed by atoms with Crippen molar-refractivity contribution in [1.82, 2.24) is 19.5 Å². The van der Waals surface area contributed by atoms with Gasteiger partial charge in [0.2, 0.25) is 5.95 Å². The first-order valence-electron chi connectivity index (χ1n) is 10.4. The second-order valence-corrected chi connectivity index (χ2v) is 8.91. The quantitative estimate of drug-likeness (QED) is 0.401. The number of aliphatic hydroxyl groups excluding tert-OH is 3. The van der Waals surface area contributed by atoms with E-state index in [2.05, 4.69) is 19.9 Å². The molecule has 33 heavy (non-hydrogen) atoms. The first-order chi connectivity index (χ1) is 15.8. The lowest BCUT2D eigenvalue weighted by Gasteiger charge is -2.36. The van der Waals surface area contributed by atoms with Crippen molar-refractivity contribution < 1.29 is 20.1 Å². The fourth-order valence-electron chi connectivity index (χ4n) is 4.31. The summed E-state index contributed by atoms with van der Waals surface area (Å²) in [5.41, 5.74) is 6.15. The van der Waals surface area contributed by atoms with Gasteiger partial charge in [0.1, 0.15) is 17.7 Å². The maximum atomic E-state index is 10.5. The summed E-state index contributed by atoms with van der Waals surface area (Å²) in [5.74, 6) is 0.568. The number of aromatic nitrogens is 4. The minimum Gasteiger partial charge on any atom is -0.391 e. The van der Waals surface area contributed by atoms with Crippen molar-refractivity contribution in [2.75, 3.05) is 54.9 Å². The lowest BCUT2D eigenvalue weighted by Crippen LogP contribution is -2.48. The number of rotatable bonds is 4. The number of piperazine rings is 1. The van der Waals surface area contributed by atoms with Crippen molar-refractivity contribution in [3.63, 3.8) is 0 Å². The first-order valence-corrected chi connectivity index (χ1v) is 11.2. The lowest BCUT2D eigenvalue weighted by molar-refractivity contribution is -0.149. The number of nitrogen functional groups attached to an aromatic ring is 1. The van der Waals surface area contributed by atoms with Crippen LogP contribution in [-0.4, -0.2) is 86.4 Å². The highest BCUT2D eigenvalue weighted by Crippen LogP contribution is 2.35. The van der Waals surface area contributed by atoms with Crippen molar-refractivity contribution in [2.45, 2.75) is 17.9 Å². The van der Waals surface area contributed by atoms with Crippen LogP contribution < -0.4 is 15.5 Å². The molecule has 3 aromatic rings. The third-order valence-electron chi connectivity index (χ3n) is 6.21. The maximum absolute atomic E-state index is 10.5. The van der Waals surface area contributed by atoms with Crippen LogP contribution in [0.4, 0.5) is 17.5 Å². The zero-order valence-electron chi connectivity index (χ0n) is 17.5. The predicted octanol–water partition coefficient (Wildman–Crippen LogP) is 0.439. The molecule has 5 N–H and O–H groups in total. The van der Waals surface area contributed by atoms with E-state index < -0.39 is 24.5 Å². The van der Waals surface area contributed by atoms with E-state index in [1.165, 1.54) is 10.9 Å². The minimum atomic E-state index is -1.61. The summed E-state index contributed by atoms with van der Waals surface area (Å²) in [6.07, 6.45) is -1.14. The van der Waals surface area contributed by atoms with Gasteiger partial charge in [0.15, 0.2) is 17.2 Å². The molecule has 11 nitrogen and oxygen atoms in total. The topological polar surface area (TPSA) is 146 Å². The van der Waals surface area contributed by atoms with Gasteiger partial charge in [-0.25, -0.2) is 4.98 Å².